The molecule has 58 heavy (non-hydrogen) atoms. The number of aromatic nitrogens is 2. The topological polar surface area (TPSA) is 9.86 Å². The van der Waals surface area contributed by atoms with Gasteiger partial charge in [0.2, 0.25) is 0 Å². The summed E-state index contributed by atoms with van der Waals surface area (Å²) < 4.78 is 42.6. The van der Waals surface area contributed by atoms with Crippen LogP contribution in [-0.4, -0.2) is 9.13 Å². The SMILES string of the molecule is [2H]c1c([2H])c(-n2c3ccccc3c3cc4c5c6ccccc6ccc5n(-c5ccc6c7ccccc7c7ccccc7c6c5)c4cc32)c([2H])c([2H])c1-c1cccc2ccccc12. The summed E-state index contributed by atoms with van der Waals surface area (Å²) in [5.74, 6) is 0. The Kier molecular flexibility index (Phi) is 5.72. The molecule has 0 atom stereocenters. The highest BCUT2D eigenvalue weighted by Gasteiger charge is 2.21. The van der Waals surface area contributed by atoms with Crippen molar-refractivity contribution in [2.45, 2.75) is 0 Å². The molecule has 0 aliphatic rings. The van der Waals surface area contributed by atoms with Crippen LogP contribution in [0.5, 0.6) is 0 Å². The summed E-state index contributed by atoms with van der Waals surface area (Å²) in [7, 11) is 0. The molecule has 0 N–H and O–H groups in total. The minimum atomic E-state index is -0.0862. The molecule has 268 valence electrons. The van der Waals surface area contributed by atoms with E-state index in [2.05, 4.69) is 126 Å². The van der Waals surface area contributed by atoms with Crippen LogP contribution in [-0.2, 0) is 0 Å². The van der Waals surface area contributed by atoms with E-state index in [0.29, 0.717) is 11.1 Å². The van der Waals surface area contributed by atoms with Gasteiger partial charge in [-0.2, -0.15) is 0 Å². The second-order valence-electron chi connectivity index (χ2n) is 15.3. The van der Waals surface area contributed by atoms with E-state index in [4.69, 9.17) is 0 Å². The molecule has 0 aliphatic carbocycles. The zero-order chi connectivity index (χ0) is 41.4. The van der Waals surface area contributed by atoms with E-state index < -0.39 is 0 Å². The third kappa shape index (κ3) is 4.37. The average Bonchev–Trinajstić information content (AvgIpc) is 3.82. The van der Waals surface area contributed by atoms with Gasteiger partial charge in [0, 0.05) is 32.9 Å². The maximum absolute atomic E-state index is 9.66. The van der Waals surface area contributed by atoms with Crippen molar-refractivity contribution in [2.24, 2.45) is 0 Å². The Morgan fingerprint density at radius 3 is 1.59 bits per heavy atom. The number of benzene rings is 11. The lowest BCUT2D eigenvalue weighted by molar-refractivity contribution is 1.17. The van der Waals surface area contributed by atoms with Gasteiger partial charge in [-0.25, -0.2) is 0 Å². The molecule has 2 heterocycles. The van der Waals surface area contributed by atoms with Crippen LogP contribution in [0.1, 0.15) is 5.48 Å². The smallest absolute Gasteiger partial charge is 0.0645 e. The van der Waals surface area contributed by atoms with Crippen LogP contribution in [0, 0.1) is 0 Å². The average molecular weight is 739 g/mol. The van der Waals surface area contributed by atoms with Crippen LogP contribution in [0.4, 0.5) is 0 Å². The van der Waals surface area contributed by atoms with Crippen LogP contribution in [0.25, 0.3) is 120 Å². The molecule has 0 amide bonds. The summed E-state index contributed by atoms with van der Waals surface area (Å²) in [6.07, 6.45) is 0. The van der Waals surface area contributed by atoms with E-state index in [1.54, 1.807) is 0 Å². The fourth-order valence-corrected chi connectivity index (χ4v) is 9.80. The minimum Gasteiger partial charge on any atom is -0.309 e. The van der Waals surface area contributed by atoms with Gasteiger partial charge in [0.25, 0.3) is 0 Å². The molecular weight excluding hydrogens is 701 g/mol. The van der Waals surface area contributed by atoms with Crippen LogP contribution in [0.3, 0.4) is 0 Å². The Morgan fingerprint density at radius 2 is 0.845 bits per heavy atom. The zero-order valence-corrected chi connectivity index (χ0v) is 31.2. The Bertz CT molecular complexity index is 4030. The Hall–Kier alpha value is -7.68. The number of nitrogens with zero attached hydrogens (tertiary/aromatic N) is 2. The molecule has 13 aromatic rings. The zero-order valence-electron chi connectivity index (χ0n) is 35.2. The Balaban J connectivity index is 1.15. The minimum absolute atomic E-state index is 0.0686. The van der Waals surface area contributed by atoms with E-state index in [1.165, 1.54) is 32.3 Å². The van der Waals surface area contributed by atoms with E-state index in [0.717, 1.165) is 70.8 Å². The first-order valence-corrected chi connectivity index (χ1v) is 19.8. The molecule has 0 saturated heterocycles. The van der Waals surface area contributed by atoms with Crippen molar-refractivity contribution < 1.29 is 5.48 Å². The maximum Gasteiger partial charge on any atom is 0.0645 e. The van der Waals surface area contributed by atoms with Crippen LogP contribution < -0.4 is 0 Å². The van der Waals surface area contributed by atoms with Crippen molar-refractivity contribution in [1.29, 1.82) is 0 Å². The van der Waals surface area contributed by atoms with Gasteiger partial charge < -0.3 is 9.13 Å². The Morgan fingerprint density at radius 1 is 0.293 bits per heavy atom. The number of fused-ring (bicyclic) bond motifs is 15. The van der Waals surface area contributed by atoms with Crippen molar-refractivity contribution in [3.63, 3.8) is 0 Å². The summed E-state index contributed by atoms with van der Waals surface area (Å²) in [6.45, 7) is 0. The van der Waals surface area contributed by atoms with Gasteiger partial charge in [0.1, 0.15) is 0 Å². The summed E-state index contributed by atoms with van der Waals surface area (Å²) in [5, 5.41) is 15.7. The van der Waals surface area contributed by atoms with Gasteiger partial charge in [-0.15, -0.1) is 0 Å². The molecule has 0 unspecified atom stereocenters. The molecule has 0 bridgehead atoms. The van der Waals surface area contributed by atoms with E-state index in [9.17, 15) is 5.48 Å². The van der Waals surface area contributed by atoms with Crippen LogP contribution >= 0.6 is 0 Å². The molecule has 0 spiro atoms. The number of hydrogen-bond acceptors (Lipinski definition) is 0. The third-order valence-corrected chi connectivity index (χ3v) is 12.3. The summed E-state index contributed by atoms with van der Waals surface area (Å²) >= 11 is 0. The molecule has 0 aliphatic heterocycles. The van der Waals surface area contributed by atoms with E-state index >= 15 is 0 Å². The second-order valence-corrected chi connectivity index (χ2v) is 15.3. The quantitative estimate of drug-likeness (QED) is 0.160. The monoisotopic (exact) mass is 738 g/mol. The molecule has 0 fully saturated rings. The second kappa shape index (κ2) is 11.9. The predicted octanol–water partition coefficient (Wildman–Crippen LogP) is 15.3. The van der Waals surface area contributed by atoms with Crippen molar-refractivity contribution in [3.05, 3.63) is 206 Å². The summed E-state index contributed by atoms with van der Waals surface area (Å²) in [4.78, 5) is 0. The number of para-hydroxylation sites is 1. The number of rotatable bonds is 3. The van der Waals surface area contributed by atoms with Gasteiger partial charge in [0.05, 0.1) is 27.5 Å². The Labute approximate surface area is 339 Å². The molecule has 13 rings (SSSR count). The molecule has 2 heteroatoms. The van der Waals surface area contributed by atoms with Crippen LogP contribution in [0.2, 0.25) is 0 Å². The molecule has 2 nitrogen and oxygen atoms in total. The van der Waals surface area contributed by atoms with E-state index in [1.807, 2.05) is 65.2 Å². The number of hydrogen-bond donors (Lipinski definition) is 0. The van der Waals surface area contributed by atoms with Gasteiger partial charge >= 0.3 is 0 Å². The first-order chi connectivity index (χ1) is 30.5. The molecular formula is C56H34N2. The normalized spacial score (nSPS) is 13.1. The lowest BCUT2D eigenvalue weighted by Gasteiger charge is -2.14. The summed E-state index contributed by atoms with van der Waals surface area (Å²) in [6, 6.07) is 63.1. The highest BCUT2D eigenvalue weighted by molar-refractivity contribution is 6.27. The van der Waals surface area contributed by atoms with Gasteiger partial charge in [-0.1, -0.05) is 158 Å². The fraction of sp³-hybridized carbons (Fsp3) is 0. The molecule has 11 aromatic carbocycles. The standard InChI is InChI=1S/C56H34N2/c1-3-15-40-35(12-1)14-11-22-41(40)37-24-27-38(28-25-37)57-52-23-10-9-21-48(52)50-33-51-55(34-54(50)57)58(53-31-26-36-13-2-4-16-42(36)56(51)53)39-29-30-47-45-19-6-5-17-43(45)44-18-7-8-20-46(44)49(47)32-39/h1-34H/i24D,25D,27D,28D. The lowest BCUT2D eigenvalue weighted by Crippen LogP contribution is -1.96. The molecule has 0 radical (unpaired) electrons. The van der Waals surface area contributed by atoms with Gasteiger partial charge in [0.15, 0.2) is 0 Å². The highest BCUT2D eigenvalue weighted by Crippen LogP contribution is 2.43. The van der Waals surface area contributed by atoms with Crippen molar-refractivity contribution in [2.75, 3.05) is 0 Å². The summed E-state index contributed by atoms with van der Waals surface area (Å²) in [5.41, 5.74) is 5.93. The first-order valence-electron chi connectivity index (χ1n) is 21.8. The van der Waals surface area contributed by atoms with Crippen molar-refractivity contribution >= 4 is 97.5 Å². The first kappa shape index (κ1) is 27.8. The predicted molar refractivity (Wildman–Crippen MR) is 248 cm³/mol. The lowest BCUT2D eigenvalue weighted by atomic mass is 9.94. The van der Waals surface area contributed by atoms with Crippen molar-refractivity contribution in [3.8, 4) is 22.5 Å². The van der Waals surface area contributed by atoms with Crippen LogP contribution in [0.15, 0.2) is 206 Å². The highest BCUT2D eigenvalue weighted by atomic mass is 15.0. The fourth-order valence-electron chi connectivity index (χ4n) is 9.80. The third-order valence-electron chi connectivity index (χ3n) is 12.3. The van der Waals surface area contributed by atoms with Gasteiger partial charge in [-0.3, -0.25) is 0 Å². The van der Waals surface area contributed by atoms with E-state index in [-0.39, 0.29) is 29.9 Å². The molecule has 0 saturated carbocycles. The molecule has 2 aromatic heterocycles. The van der Waals surface area contributed by atoms with Crippen molar-refractivity contribution in [1.82, 2.24) is 9.13 Å². The maximum atomic E-state index is 9.66. The largest absolute Gasteiger partial charge is 0.309 e. The van der Waals surface area contributed by atoms with Gasteiger partial charge in [-0.05, 0) is 113 Å².